The summed E-state index contributed by atoms with van der Waals surface area (Å²) in [5.41, 5.74) is 2.96. The van der Waals surface area contributed by atoms with Crippen molar-refractivity contribution in [1.82, 2.24) is 20.1 Å². The lowest BCUT2D eigenvalue weighted by Gasteiger charge is -2.32. The van der Waals surface area contributed by atoms with Crippen molar-refractivity contribution in [3.63, 3.8) is 0 Å². The first-order valence-electron chi connectivity index (χ1n) is 8.93. The van der Waals surface area contributed by atoms with Crippen LogP contribution in [0.1, 0.15) is 54.2 Å². The number of H-pyrrole nitrogens is 1. The van der Waals surface area contributed by atoms with Crippen LogP contribution in [0.2, 0.25) is 0 Å². The van der Waals surface area contributed by atoms with E-state index in [1.165, 1.54) is 5.56 Å². The number of aromatic nitrogens is 3. The minimum absolute atomic E-state index is 0.00854. The van der Waals surface area contributed by atoms with Crippen LogP contribution in [0.3, 0.4) is 0 Å². The summed E-state index contributed by atoms with van der Waals surface area (Å²) in [6.45, 7) is 8.24. The molecule has 0 unspecified atom stereocenters. The van der Waals surface area contributed by atoms with Gasteiger partial charge in [0.05, 0.1) is 12.8 Å². The Morgan fingerprint density at radius 2 is 2.16 bits per heavy atom. The lowest BCUT2D eigenvalue weighted by atomic mass is 9.89. The maximum atomic E-state index is 12.9. The first-order valence-corrected chi connectivity index (χ1v) is 8.93. The predicted octanol–water partition coefficient (Wildman–Crippen LogP) is 3.17. The van der Waals surface area contributed by atoms with Crippen molar-refractivity contribution in [2.45, 2.75) is 39.5 Å². The van der Waals surface area contributed by atoms with Gasteiger partial charge in [-0.1, -0.05) is 13.8 Å². The van der Waals surface area contributed by atoms with Gasteiger partial charge in [-0.25, -0.2) is 4.98 Å². The Hall–Kier alpha value is -2.37. The number of likely N-dealkylation sites (tertiary alicyclic amines) is 1. The summed E-state index contributed by atoms with van der Waals surface area (Å²) in [6.07, 6.45) is 5.49. The molecule has 1 aliphatic heterocycles. The minimum atomic E-state index is 0.00854. The van der Waals surface area contributed by atoms with Crippen LogP contribution in [-0.4, -0.2) is 45.7 Å². The zero-order valence-electron chi connectivity index (χ0n) is 15.2. The van der Waals surface area contributed by atoms with Crippen molar-refractivity contribution in [2.75, 3.05) is 19.7 Å². The molecule has 3 heterocycles. The highest BCUT2D eigenvalue weighted by Gasteiger charge is 2.27. The maximum Gasteiger partial charge on any atom is 0.259 e. The smallest absolute Gasteiger partial charge is 0.259 e. The summed E-state index contributed by atoms with van der Waals surface area (Å²) >= 11 is 0. The Kier molecular flexibility index (Phi) is 5.36. The van der Waals surface area contributed by atoms with Crippen LogP contribution in [0.4, 0.5) is 0 Å². The number of hydrogen-bond acceptors (Lipinski definition) is 4. The molecule has 3 rings (SSSR count). The Bertz CT molecular complexity index is 718. The van der Waals surface area contributed by atoms with E-state index in [9.17, 15) is 4.79 Å². The number of aromatic amines is 1. The standard InChI is InChI=1S/C19H26N4O2/c1-13(2)12-25-18-16(5-4-8-20-18)19(24)23-9-6-15(7-10-23)17-11-21-22-14(17)3/h4-5,8,11,13,15H,6-7,9-10,12H2,1-3H3,(H,21,22). The van der Waals surface area contributed by atoms with E-state index >= 15 is 0 Å². The van der Waals surface area contributed by atoms with Crippen LogP contribution < -0.4 is 4.74 Å². The van der Waals surface area contributed by atoms with E-state index in [2.05, 4.69) is 29.0 Å². The third-order valence-electron chi connectivity index (χ3n) is 4.65. The third kappa shape index (κ3) is 4.00. The van der Waals surface area contributed by atoms with Gasteiger partial charge in [0, 0.05) is 25.0 Å². The van der Waals surface area contributed by atoms with E-state index in [4.69, 9.17) is 4.74 Å². The van der Waals surface area contributed by atoms with Gasteiger partial charge in [-0.3, -0.25) is 9.89 Å². The number of piperidine rings is 1. The molecule has 0 atom stereocenters. The van der Waals surface area contributed by atoms with Crippen molar-refractivity contribution < 1.29 is 9.53 Å². The molecule has 0 radical (unpaired) electrons. The lowest BCUT2D eigenvalue weighted by Crippen LogP contribution is -2.38. The van der Waals surface area contributed by atoms with Crippen LogP contribution >= 0.6 is 0 Å². The van der Waals surface area contributed by atoms with Gasteiger partial charge in [-0.05, 0) is 49.3 Å². The molecule has 6 nitrogen and oxygen atoms in total. The van der Waals surface area contributed by atoms with Gasteiger partial charge >= 0.3 is 0 Å². The first kappa shape index (κ1) is 17.5. The molecule has 134 valence electrons. The number of nitrogens with one attached hydrogen (secondary N) is 1. The second-order valence-electron chi connectivity index (χ2n) is 7.08. The van der Waals surface area contributed by atoms with Crippen molar-refractivity contribution in [3.05, 3.63) is 41.3 Å². The zero-order chi connectivity index (χ0) is 17.8. The SMILES string of the molecule is Cc1[nH]ncc1C1CCN(C(=O)c2cccnc2OCC(C)C)CC1. The fraction of sp³-hybridized carbons (Fsp3) is 0.526. The quantitative estimate of drug-likeness (QED) is 0.906. The van der Waals surface area contributed by atoms with Crippen molar-refractivity contribution in [1.29, 1.82) is 0 Å². The highest BCUT2D eigenvalue weighted by atomic mass is 16.5. The monoisotopic (exact) mass is 342 g/mol. The number of carbonyl (C=O) groups is 1. The van der Waals surface area contributed by atoms with Gasteiger partial charge < -0.3 is 9.64 Å². The lowest BCUT2D eigenvalue weighted by molar-refractivity contribution is 0.0706. The molecule has 1 fully saturated rings. The molecule has 0 aliphatic carbocycles. The van der Waals surface area contributed by atoms with Gasteiger partial charge in [0.25, 0.3) is 5.91 Å². The first-order chi connectivity index (χ1) is 12.1. The molecule has 25 heavy (non-hydrogen) atoms. The average Bonchev–Trinajstić information content (AvgIpc) is 3.06. The highest BCUT2D eigenvalue weighted by molar-refractivity contribution is 5.96. The van der Waals surface area contributed by atoms with Crippen LogP contribution in [0, 0.1) is 12.8 Å². The maximum absolute atomic E-state index is 12.9. The molecule has 0 spiro atoms. The summed E-state index contributed by atoms with van der Waals surface area (Å²) in [4.78, 5) is 19.1. The van der Waals surface area contributed by atoms with Crippen molar-refractivity contribution >= 4 is 5.91 Å². The molecule has 6 heteroatoms. The molecule has 0 bridgehead atoms. The second-order valence-corrected chi connectivity index (χ2v) is 7.08. The summed E-state index contributed by atoms with van der Waals surface area (Å²) in [7, 11) is 0. The van der Waals surface area contributed by atoms with Crippen LogP contribution in [0.25, 0.3) is 0 Å². The zero-order valence-corrected chi connectivity index (χ0v) is 15.2. The molecule has 0 aromatic carbocycles. The fourth-order valence-corrected chi connectivity index (χ4v) is 3.25. The summed E-state index contributed by atoms with van der Waals surface area (Å²) in [6, 6.07) is 3.59. The number of carbonyl (C=O) groups excluding carboxylic acids is 1. The average molecular weight is 342 g/mol. The van der Waals surface area contributed by atoms with E-state index in [0.29, 0.717) is 29.9 Å². The largest absolute Gasteiger partial charge is 0.477 e. The van der Waals surface area contributed by atoms with E-state index in [1.54, 1.807) is 18.3 Å². The molecular weight excluding hydrogens is 316 g/mol. The highest BCUT2D eigenvalue weighted by Crippen LogP contribution is 2.30. The molecule has 2 aromatic heterocycles. The molecular formula is C19H26N4O2. The van der Waals surface area contributed by atoms with E-state index in [0.717, 1.165) is 31.6 Å². The Morgan fingerprint density at radius 1 is 1.40 bits per heavy atom. The topological polar surface area (TPSA) is 71.1 Å². The Labute approximate surface area is 148 Å². The number of nitrogens with zero attached hydrogens (tertiary/aromatic N) is 3. The molecule has 2 aromatic rings. The number of ether oxygens (including phenoxy) is 1. The summed E-state index contributed by atoms with van der Waals surface area (Å²) < 4.78 is 5.74. The summed E-state index contributed by atoms with van der Waals surface area (Å²) in [5.74, 6) is 1.30. The normalized spacial score (nSPS) is 15.6. The third-order valence-corrected chi connectivity index (χ3v) is 4.65. The molecule has 1 amide bonds. The molecule has 1 N–H and O–H groups in total. The van der Waals surface area contributed by atoms with E-state index in [1.807, 2.05) is 18.0 Å². The van der Waals surface area contributed by atoms with Gasteiger partial charge in [-0.15, -0.1) is 0 Å². The van der Waals surface area contributed by atoms with Gasteiger partial charge in [0.2, 0.25) is 5.88 Å². The van der Waals surface area contributed by atoms with Crippen molar-refractivity contribution in [3.8, 4) is 5.88 Å². The molecule has 0 saturated carbocycles. The Morgan fingerprint density at radius 3 is 2.80 bits per heavy atom. The fourth-order valence-electron chi connectivity index (χ4n) is 3.25. The second kappa shape index (κ2) is 7.68. The van der Waals surface area contributed by atoms with Crippen LogP contribution in [-0.2, 0) is 0 Å². The number of amides is 1. The Balaban J connectivity index is 1.66. The summed E-state index contributed by atoms with van der Waals surface area (Å²) in [5, 5.41) is 7.12. The minimum Gasteiger partial charge on any atom is -0.477 e. The van der Waals surface area contributed by atoms with E-state index < -0.39 is 0 Å². The molecule has 1 saturated heterocycles. The van der Waals surface area contributed by atoms with Gasteiger partial charge in [0.15, 0.2) is 0 Å². The van der Waals surface area contributed by atoms with Crippen molar-refractivity contribution in [2.24, 2.45) is 5.92 Å². The number of aryl methyl sites for hydroxylation is 1. The van der Waals surface area contributed by atoms with E-state index in [-0.39, 0.29) is 5.91 Å². The molecule has 1 aliphatic rings. The predicted molar refractivity (Wildman–Crippen MR) is 95.8 cm³/mol. The van der Waals surface area contributed by atoms with Crippen LogP contribution in [0.15, 0.2) is 24.5 Å². The van der Waals surface area contributed by atoms with Gasteiger partial charge in [0.1, 0.15) is 5.56 Å². The van der Waals surface area contributed by atoms with Crippen LogP contribution in [0.5, 0.6) is 5.88 Å². The number of hydrogen-bond donors (Lipinski definition) is 1. The number of rotatable bonds is 5. The van der Waals surface area contributed by atoms with Gasteiger partial charge in [-0.2, -0.15) is 5.10 Å². The number of pyridine rings is 1.